The first kappa shape index (κ1) is 12.8. The van der Waals surface area contributed by atoms with E-state index < -0.39 is 10.0 Å². The van der Waals surface area contributed by atoms with Crippen LogP contribution in [0.3, 0.4) is 0 Å². The molecular formula is C9H11BrClNO2S. The minimum Gasteiger partial charge on any atom is -0.283 e. The molecule has 0 aliphatic carbocycles. The Hall–Kier alpha value is -0.260. The average Bonchev–Trinajstić information content (AvgIpc) is 1.99. The molecule has 0 saturated heterocycles. The fraction of sp³-hybridized carbons (Fsp3) is 0.333. The number of halogens is 2. The highest BCUT2D eigenvalue weighted by Gasteiger charge is 2.09. The molecule has 0 aromatic heterocycles. The highest BCUT2D eigenvalue weighted by Crippen LogP contribution is 2.19. The lowest BCUT2D eigenvalue weighted by Gasteiger charge is -2.07. The van der Waals surface area contributed by atoms with Crippen LogP contribution in [-0.4, -0.2) is 20.1 Å². The zero-order valence-electron chi connectivity index (χ0n) is 8.13. The predicted octanol–water partition coefficient (Wildman–Crippen LogP) is 2.74. The van der Waals surface area contributed by atoms with Gasteiger partial charge in [0.1, 0.15) is 0 Å². The molecule has 0 aliphatic heterocycles. The van der Waals surface area contributed by atoms with Gasteiger partial charge in [0.25, 0.3) is 0 Å². The molecule has 0 spiro atoms. The Balaban J connectivity index is 2.90. The second-order valence-electron chi connectivity index (χ2n) is 3.13. The second-order valence-corrected chi connectivity index (χ2v) is 6.26. The Morgan fingerprint density at radius 1 is 1.40 bits per heavy atom. The maximum atomic E-state index is 11.4. The van der Waals surface area contributed by atoms with E-state index in [2.05, 4.69) is 20.7 Å². The fourth-order valence-electron chi connectivity index (χ4n) is 1.13. The molecule has 1 rings (SSSR count). The lowest BCUT2D eigenvalue weighted by atomic mass is 10.2. The number of rotatable bonds is 4. The van der Waals surface area contributed by atoms with Crippen LogP contribution in [0.5, 0.6) is 0 Å². The third-order valence-corrected chi connectivity index (χ3v) is 3.82. The van der Waals surface area contributed by atoms with Crippen LogP contribution in [0.4, 0.5) is 5.69 Å². The normalized spacial score (nSPS) is 11.4. The van der Waals surface area contributed by atoms with Crippen LogP contribution >= 0.6 is 27.5 Å². The second kappa shape index (κ2) is 5.18. The molecule has 6 heteroatoms. The highest BCUT2D eigenvalue weighted by atomic mass is 79.9. The molecule has 0 atom stereocenters. The van der Waals surface area contributed by atoms with Crippen molar-refractivity contribution in [3.8, 4) is 0 Å². The molecule has 0 saturated carbocycles. The summed E-state index contributed by atoms with van der Waals surface area (Å²) in [4.78, 5) is 0. The Labute approximate surface area is 103 Å². The molecule has 1 aromatic carbocycles. The summed E-state index contributed by atoms with van der Waals surface area (Å²) in [5.74, 6) is 0.00242. The largest absolute Gasteiger partial charge is 0.283 e. The van der Waals surface area contributed by atoms with Crippen molar-refractivity contribution < 1.29 is 8.42 Å². The summed E-state index contributed by atoms with van der Waals surface area (Å²) in [6.07, 6.45) is 0. The van der Waals surface area contributed by atoms with E-state index in [9.17, 15) is 8.42 Å². The number of benzene rings is 1. The van der Waals surface area contributed by atoms with Gasteiger partial charge < -0.3 is 0 Å². The van der Waals surface area contributed by atoms with Crippen molar-refractivity contribution in [1.29, 1.82) is 0 Å². The first-order valence-corrected chi connectivity index (χ1v) is 7.24. The van der Waals surface area contributed by atoms with Crippen LogP contribution < -0.4 is 4.72 Å². The first-order chi connectivity index (χ1) is 6.93. The quantitative estimate of drug-likeness (QED) is 0.869. The van der Waals surface area contributed by atoms with Crippen molar-refractivity contribution in [3.63, 3.8) is 0 Å². The van der Waals surface area contributed by atoms with Gasteiger partial charge in [-0.05, 0) is 30.7 Å². The van der Waals surface area contributed by atoms with Gasteiger partial charge >= 0.3 is 0 Å². The van der Waals surface area contributed by atoms with Gasteiger partial charge in [-0.3, -0.25) is 4.72 Å². The highest BCUT2D eigenvalue weighted by molar-refractivity contribution is 9.10. The third-order valence-electron chi connectivity index (χ3n) is 1.66. The maximum Gasteiger partial charge on any atom is 0.233 e. The van der Waals surface area contributed by atoms with Gasteiger partial charge in [-0.1, -0.05) is 15.9 Å². The molecule has 0 unspecified atom stereocenters. The summed E-state index contributed by atoms with van der Waals surface area (Å²) in [6.45, 7) is 1.89. The molecule has 0 heterocycles. The van der Waals surface area contributed by atoms with Crippen LogP contribution in [0, 0.1) is 6.92 Å². The van der Waals surface area contributed by atoms with E-state index >= 15 is 0 Å². The van der Waals surface area contributed by atoms with Gasteiger partial charge in [0.05, 0.1) is 5.75 Å². The standard InChI is InChI=1S/C9H11BrClNO2S/c1-7-4-8(10)6-9(5-7)12-15(13,14)3-2-11/h4-6,12H,2-3H2,1H3. The third kappa shape index (κ3) is 4.40. The molecule has 1 aromatic rings. The lowest BCUT2D eigenvalue weighted by Crippen LogP contribution is -2.17. The van der Waals surface area contributed by atoms with Gasteiger partial charge in [0.15, 0.2) is 0 Å². The zero-order valence-corrected chi connectivity index (χ0v) is 11.3. The van der Waals surface area contributed by atoms with Gasteiger partial charge in [-0.15, -0.1) is 11.6 Å². The minimum absolute atomic E-state index is 0.0832. The van der Waals surface area contributed by atoms with Crippen molar-refractivity contribution in [2.24, 2.45) is 0 Å². The van der Waals surface area contributed by atoms with E-state index in [4.69, 9.17) is 11.6 Å². The van der Waals surface area contributed by atoms with Crippen molar-refractivity contribution >= 4 is 43.2 Å². The van der Waals surface area contributed by atoms with Crippen LogP contribution in [0.15, 0.2) is 22.7 Å². The summed E-state index contributed by atoms with van der Waals surface area (Å²) in [7, 11) is -3.32. The topological polar surface area (TPSA) is 46.2 Å². The van der Waals surface area contributed by atoms with Crippen molar-refractivity contribution in [2.75, 3.05) is 16.4 Å². The smallest absolute Gasteiger partial charge is 0.233 e. The van der Waals surface area contributed by atoms with E-state index in [0.29, 0.717) is 5.69 Å². The SMILES string of the molecule is Cc1cc(Br)cc(NS(=O)(=O)CCCl)c1. The minimum atomic E-state index is -3.32. The maximum absolute atomic E-state index is 11.4. The molecule has 84 valence electrons. The molecule has 0 radical (unpaired) electrons. The van der Waals surface area contributed by atoms with Crippen LogP contribution in [0.2, 0.25) is 0 Å². The summed E-state index contributed by atoms with van der Waals surface area (Å²) >= 11 is 8.68. The Morgan fingerprint density at radius 2 is 2.07 bits per heavy atom. The van der Waals surface area contributed by atoms with Gasteiger partial charge in [-0.25, -0.2) is 8.42 Å². The number of aryl methyl sites for hydroxylation is 1. The summed E-state index contributed by atoms with van der Waals surface area (Å²) in [5.41, 5.74) is 1.53. The number of alkyl halides is 1. The first-order valence-electron chi connectivity index (χ1n) is 4.26. The lowest BCUT2D eigenvalue weighted by molar-refractivity contribution is 0.602. The Bertz CT molecular complexity index is 427. The summed E-state index contributed by atoms with van der Waals surface area (Å²) in [5, 5.41) is 0. The van der Waals surface area contributed by atoms with E-state index in [1.807, 2.05) is 13.0 Å². The number of sulfonamides is 1. The Kier molecular flexibility index (Phi) is 4.43. The van der Waals surface area contributed by atoms with Crippen molar-refractivity contribution in [1.82, 2.24) is 0 Å². The van der Waals surface area contributed by atoms with E-state index in [1.165, 1.54) is 0 Å². The van der Waals surface area contributed by atoms with Crippen LogP contribution in [-0.2, 0) is 10.0 Å². The predicted molar refractivity (Wildman–Crippen MR) is 67.0 cm³/mol. The fourth-order valence-corrected chi connectivity index (χ4v) is 3.13. The number of hydrogen-bond acceptors (Lipinski definition) is 2. The molecule has 1 N–H and O–H groups in total. The summed E-state index contributed by atoms with van der Waals surface area (Å²) < 4.78 is 26.1. The summed E-state index contributed by atoms with van der Waals surface area (Å²) in [6, 6.07) is 5.37. The van der Waals surface area contributed by atoms with E-state index in [1.54, 1.807) is 12.1 Å². The van der Waals surface area contributed by atoms with Crippen molar-refractivity contribution in [3.05, 3.63) is 28.2 Å². The molecule has 3 nitrogen and oxygen atoms in total. The average molecular weight is 313 g/mol. The van der Waals surface area contributed by atoms with Gasteiger partial charge in [0, 0.05) is 16.0 Å². The molecule has 0 bridgehead atoms. The van der Waals surface area contributed by atoms with E-state index in [-0.39, 0.29) is 11.6 Å². The van der Waals surface area contributed by atoms with Crippen molar-refractivity contribution in [2.45, 2.75) is 6.92 Å². The molecule has 0 aliphatic rings. The van der Waals surface area contributed by atoms with Crippen LogP contribution in [0.1, 0.15) is 5.56 Å². The van der Waals surface area contributed by atoms with E-state index in [0.717, 1.165) is 10.0 Å². The van der Waals surface area contributed by atoms with Gasteiger partial charge in [-0.2, -0.15) is 0 Å². The number of hydrogen-bond donors (Lipinski definition) is 1. The van der Waals surface area contributed by atoms with Gasteiger partial charge in [0.2, 0.25) is 10.0 Å². The van der Waals surface area contributed by atoms with Crippen LogP contribution in [0.25, 0.3) is 0 Å². The zero-order chi connectivity index (χ0) is 11.5. The number of nitrogens with one attached hydrogen (secondary N) is 1. The molecule has 0 amide bonds. The molecule has 15 heavy (non-hydrogen) atoms. The monoisotopic (exact) mass is 311 g/mol. The molecule has 0 fully saturated rings. The Morgan fingerprint density at radius 3 is 2.60 bits per heavy atom. The number of anilines is 1. The molecular weight excluding hydrogens is 302 g/mol.